The van der Waals surface area contributed by atoms with Crippen molar-refractivity contribution in [2.45, 2.75) is 16.0 Å². The van der Waals surface area contributed by atoms with Crippen LogP contribution in [-0.4, -0.2) is 38.0 Å². The van der Waals surface area contributed by atoms with E-state index < -0.39 is 10.0 Å². The van der Waals surface area contributed by atoms with E-state index in [9.17, 15) is 13.2 Å². The Hall–Kier alpha value is -1.75. The molecule has 0 bridgehead atoms. The quantitative estimate of drug-likeness (QED) is 0.681. The fourth-order valence-corrected chi connectivity index (χ4v) is 7.30. The van der Waals surface area contributed by atoms with Crippen molar-refractivity contribution in [3.05, 3.63) is 51.7 Å². The lowest BCUT2D eigenvalue weighted by molar-refractivity contribution is -0.122. The van der Waals surface area contributed by atoms with Gasteiger partial charge in [-0.05, 0) is 42.3 Å². The number of nitrogens with zero attached hydrogens (tertiary/aromatic N) is 3. The minimum Gasteiger partial charge on any atom is -0.337 e. The number of carbonyl (C=O) groups is 1. The second kappa shape index (κ2) is 7.01. The average molecular weight is 438 g/mol. The maximum atomic E-state index is 12.9. The van der Waals surface area contributed by atoms with E-state index in [-0.39, 0.29) is 15.3 Å². The van der Waals surface area contributed by atoms with E-state index in [0.717, 1.165) is 38.7 Å². The van der Waals surface area contributed by atoms with Crippen LogP contribution < -0.4 is 4.90 Å². The van der Waals surface area contributed by atoms with Crippen LogP contribution >= 0.6 is 34.9 Å². The molecular weight excluding hydrogens is 422 g/mol. The summed E-state index contributed by atoms with van der Waals surface area (Å²) in [6, 6.07) is 11.1. The van der Waals surface area contributed by atoms with Crippen LogP contribution in [0.25, 0.3) is 0 Å². The van der Waals surface area contributed by atoms with E-state index in [2.05, 4.69) is 4.40 Å². The average Bonchev–Trinajstić information content (AvgIpc) is 3.35. The molecule has 1 fully saturated rings. The van der Waals surface area contributed by atoms with Gasteiger partial charge in [-0.2, -0.15) is 8.42 Å². The summed E-state index contributed by atoms with van der Waals surface area (Å²) in [4.78, 5) is 17.9. The fourth-order valence-electron chi connectivity index (χ4n) is 2.74. The first-order valence-corrected chi connectivity index (χ1v) is 12.0. The van der Waals surface area contributed by atoms with Crippen molar-refractivity contribution < 1.29 is 13.2 Å². The molecule has 1 amide bonds. The van der Waals surface area contributed by atoms with E-state index in [1.807, 2.05) is 36.2 Å². The van der Waals surface area contributed by atoms with Gasteiger partial charge >= 0.3 is 0 Å². The third-order valence-electron chi connectivity index (χ3n) is 4.06. The lowest BCUT2D eigenvalue weighted by Crippen LogP contribution is -2.29. The van der Waals surface area contributed by atoms with Gasteiger partial charge in [0.15, 0.2) is 5.17 Å². The van der Waals surface area contributed by atoms with Gasteiger partial charge in [-0.1, -0.05) is 30.0 Å². The van der Waals surface area contributed by atoms with Gasteiger partial charge in [0.1, 0.15) is 9.11 Å². The lowest BCUT2D eigenvalue weighted by atomic mass is 10.3. The van der Waals surface area contributed by atoms with Crippen LogP contribution in [0.3, 0.4) is 0 Å². The molecule has 0 N–H and O–H groups in total. The van der Waals surface area contributed by atoms with Crippen LogP contribution in [0, 0.1) is 0 Å². The molecule has 2 aliphatic heterocycles. The number of carbonyl (C=O) groups excluding carboxylic acids is 1. The molecule has 0 spiro atoms. The first kappa shape index (κ1) is 18.6. The molecule has 6 nitrogen and oxygen atoms in total. The highest BCUT2D eigenvalue weighted by Crippen LogP contribution is 2.49. The number of hydrogen-bond donors (Lipinski definition) is 0. The zero-order valence-corrected chi connectivity index (χ0v) is 17.7. The number of thioether (sulfide) groups is 2. The number of fused-ring (bicyclic) bond motifs is 1. The number of thiophene rings is 1. The second-order valence-corrected chi connectivity index (χ2v) is 10.5. The van der Waals surface area contributed by atoms with E-state index in [4.69, 9.17) is 0 Å². The van der Waals surface area contributed by atoms with Crippen LogP contribution in [0.5, 0.6) is 0 Å². The van der Waals surface area contributed by atoms with Crippen molar-refractivity contribution in [3.63, 3.8) is 0 Å². The molecule has 0 saturated carbocycles. The maximum absolute atomic E-state index is 12.9. The number of amidine groups is 1. The minimum absolute atomic E-state index is 0.167. The Bertz CT molecular complexity index is 1070. The summed E-state index contributed by atoms with van der Waals surface area (Å²) < 4.78 is 29.2. The number of rotatable bonds is 3. The predicted octanol–water partition coefficient (Wildman–Crippen LogP) is 3.80. The molecule has 1 aromatic carbocycles. The summed E-state index contributed by atoms with van der Waals surface area (Å²) in [5.74, 6) is -0.218. The number of anilines is 1. The number of sulfonamides is 1. The van der Waals surface area contributed by atoms with Crippen molar-refractivity contribution in [2.24, 2.45) is 4.40 Å². The van der Waals surface area contributed by atoms with Gasteiger partial charge in [-0.25, -0.2) is 0 Å². The van der Waals surface area contributed by atoms with Gasteiger partial charge in [-0.3, -0.25) is 9.69 Å². The van der Waals surface area contributed by atoms with E-state index in [0.29, 0.717) is 11.4 Å². The number of hydrogen-bond acceptors (Lipinski definition) is 7. The fraction of sp³-hybridized carbons (Fsp3) is 0.176. The third-order valence-corrected chi connectivity index (χ3v) is 9.25. The van der Waals surface area contributed by atoms with Gasteiger partial charge < -0.3 is 4.90 Å². The summed E-state index contributed by atoms with van der Waals surface area (Å²) in [6.45, 7) is 2.16. The summed E-state index contributed by atoms with van der Waals surface area (Å²) in [5, 5.41) is 2.68. The zero-order valence-electron chi connectivity index (χ0n) is 14.4. The highest BCUT2D eigenvalue weighted by Gasteiger charge is 2.39. The molecular formula is C17H15N3O3S4. The first-order chi connectivity index (χ1) is 12.9. The van der Waals surface area contributed by atoms with Crippen LogP contribution in [0.2, 0.25) is 0 Å². The van der Waals surface area contributed by atoms with Gasteiger partial charge in [0.25, 0.3) is 15.9 Å². The number of likely N-dealkylation sites (N-methyl/N-ethyl adjacent to an activating group) is 1. The van der Waals surface area contributed by atoms with Gasteiger partial charge in [-0.15, -0.1) is 15.7 Å². The molecule has 2 aromatic rings. The SMILES string of the molecule is CCN1C(=O)/C(=C2\Sc3ccccc3N2C)S/C1=N/S(=O)(=O)c1cccs1. The third kappa shape index (κ3) is 3.20. The van der Waals surface area contributed by atoms with E-state index >= 15 is 0 Å². The second-order valence-electron chi connectivity index (χ2n) is 5.70. The van der Waals surface area contributed by atoms with E-state index in [1.54, 1.807) is 18.4 Å². The van der Waals surface area contributed by atoms with Crippen LogP contribution in [-0.2, 0) is 14.8 Å². The molecule has 0 unspecified atom stereocenters. The smallest absolute Gasteiger partial charge is 0.294 e. The Morgan fingerprint density at radius 3 is 2.56 bits per heavy atom. The number of para-hydroxylation sites is 1. The molecule has 4 rings (SSSR count). The molecule has 10 heteroatoms. The minimum atomic E-state index is -3.83. The Kier molecular flexibility index (Phi) is 4.83. The Labute approximate surface area is 170 Å². The van der Waals surface area contributed by atoms with Crippen LogP contribution in [0.15, 0.2) is 65.2 Å². The molecule has 27 heavy (non-hydrogen) atoms. The molecule has 2 aliphatic rings. The predicted molar refractivity (Wildman–Crippen MR) is 112 cm³/mol. The molecule has 1 aromatic heterocycles. The van der Waals surface area contributed by atoms with Crippen molar-refractivity contribution >= 4 is 61.6 Å². The van der Waals surface area contributed by atoms with Crippen molar-refractivity contribution in [1.82, 2.24) is 4.90 Å². The number of benzene rings is 1. The monoisotopic (exact) mass is 437 g/mol. The van der Waals surface area contributed by atoms with Crippen LogP contribution in [0.4, 0.5) is 5.69 Å². The summed E-state index contributed by atoms with van der Waals surface area (Å²) in [7, 11) is -1.93. The molecule has 3 heterocycles. The highest BCUT2D eigenvalue weighted by molar-refractivity contribution is 8.19. The Morgan fingerprint density at radius 1 is 1.11 bits per heavy atom. The first-order valence-electron chi connectivity index (χ1n) is 8.05. The summed E-state index contributed by atoms with van der Waals surface area (Å²) >= 11 is 3.74. The van der Waals surface area contributed by atoms with Gasteiger partial charge in [0.05, 0.1) is 10.7 Å². The largest absolute Gasteiger partial charge is 0.337 e. The molecule has 0 atom stereocenters. The van der Waals surface area contributed by atoms with Crippen LogP contribution in [0.1, 0.15) is 6.92 Å². The molecule has 0 aliphatic carbocycles. The standard InChI is InChI=1S/C17H15N3O3S4/c1-3-20-15(21)14(16-19(2)11-7-4-5-8-12(11)25-16)26-17(20)18-27(22,23)13-9-6-10-24-13/h4-10H,3H2,1-2H3/b16-14+,18-17+. The molecule has 140 valence electrons. The number of amides is 1. The Morgan fingerprint density at radius 2 is 1.89 bits per heavy atom. The van der Waals surface area contributed by atoms with Gasteiger partial charge in [0, 0.05) is 18.5 Å². The van der Waals surface area contributed by atoms with Crippen molar-refractivity contribution in [1.29, 1.82) is 0 Å². The van der Waals surface area contributed by atoms with Gasteiger partial charge in [0.2, 0.25) is 0 Å². The van der Waals surface area contributed by atoms with Crippen molar-refractivity contribution in [2.75, 3.05) is 18.5 Å². The maximum Gasteiger partial charge on any atom is 0.294 e. The zero-order chi connectivity index (χ0) is 19.2. The molecule has 0 radical (unpaired) electrons. The van der Waals surface area contributed by atoms with E-state index in [1.165, 1.54) is 22.7 Å². The summed E-state index contributed by atoms with van der Waals surface area (Å²) in [6.07, 6.45) is 0. The summed E-state index contributed by atoms with van der Waals surface area (Å²) in [5.41, 5.74) is 1.03. The normalized spacial score (nSPS) is 21.4. The molecule has 1 saturated heterocycles. The lowest BCUT2D eigenvalue weighted by Gasteiger charge is -2.15. The Balaban J connectivity index is 1.75. The topological polar surface area (TPSA) is 70.1 Å². The highest BCUT2D eigenvalue weighted by atomic mass is 32.2. The van der Waals surface area contributed by atoms with Crippen molar-refractivity contribution in [3.8, 4) is 0 Å².